The molecule has 0 spiro atoms. The number of carbonyl (C=O) groups excluding carboxylic acids is 1. The van der Waals surface area contributed by atoms with Crippen LogP contribution in [0.5, 0.6) is 0 Å². The molecule has 4 heterocycles. The fourth-order valence-electron chi connectivity index (χ4n) is 4.58. The van der Waals surface area contributed by atoms with Crippen LogP contribution in [0.15, 0.2) is 63.8 Å². The molecule has 180 valence electrons. The highest BCUT2D eigenvalue weighted by Crippen LogP contribution is 2.25. The molecule has 1 N–H and O–H groups in total. The van der Waals surface area contributed by atoms with Crippen molar-refractivity contribution in [2.24, 2.45) is 0 Å². The average Bonchev–Trinajstić information content (AvgIpc) is 3.52. The van der Waals surface area contributed by atoms with Crippen molar-refractivity contribution in [1.29, 1.82) is 0 Å². The Morgan fingerprint density at radius 1 is 1.08 bits per heavy atom. The molecule has 10 heteroatoms. The first-order chi connectivity index (χ1) is 17.5. The molecule has 0 radical (unpaired) electrons. The number of aryl methyl sites for hydroxylation is 1. The Hall–Kier alpha value is -4.60. The summed E-state index contributed by atoms with van der Waals surface area (Å²) in [5, 5.41) is 16.4. The number of halogens is 1. The maximum Gasteiger partial charge on any atom is 0.272 e. The molecule has 0 atom stereocenters. The molecule has 0 unspecified atom stereocenters. The maximum absolute atomic E-state index is 14.8. The van der Waals surface area contributed by atoms with Gasteiger partial charge in [-0.25, -0.2) is 9.49 Å². The lowest BCUT2D eigenvalue weighted by Gasteiger charge is -2.28. The number of carbonyl (C=O) groups is 1. The third-order valence-electron chi connectivity index (χ3n) is 6.41. The normalized spacial score (nSPS) is 13.2. The van der Waals surface area contributed by atoms with E-state index in [0.29, 0.717) is 53.6 Å². The van der Waals surface area contributed by atoms with Crippen LogP contribution < -0.4 is 5.56 Å². The molecular weight excluding hydrogens is 463 g/mol. The van der Waals surface area contributed by atoms with Crippen molar-refractivity contribution in [3.63, 3.8) is 0 Å². The summed E-state index contributed by atoms with van der Waals surface area (Å²) in [6, 6.07) is 15.3. The van der Waals surface area contributed by atoms with E-state index in [2.05, 4.69) is 20.4 Å². The van der Waals surface area contributed by atoms with E-state index in [1.165, 1.54) is 6.07 Å². The summed E-state index contributed by atoms with van der Waals surface area (Å²) in [5.41, 5.74) is 1.06. The van der Waals surface area contributed by atoms with Gasteiger partial charge in [0.2, 0.25) is 0 Å². The van der Waals surface area contributed by atoms with Crippen LogP contribution in [0.2, 0.25) is 0 Å². The summed E-state index contributed by atoms with van der Waals surface area (Å²) in [4.78, 5) is 27.0. The number of hydrogen-bond donors (Lipinski definition) is 1. The van der Waals surface area contributed by atoms with Crippen LogP contribution in [-0.4, -0.2) is 42.3 Å². The lowest BCUT2D eigenvalue weighted by Crippen LogP contribution is -2.39. The maximum atomic E-state index is 14.8. The molecule has 0 fully saturated rings. The number of amides is 1. The number of furan rings is 1. The van der Waals surface area contributed by atoms with Gasteiger partial charge >= 0.3 is 0 Å². The van der Waals surface area contributed by atoms with Gasteiger partial charge in [-0.15, -0.1) is 10.2 Å². The molecule has 36 heavy (non-hydrogen) atoms. The average molecular weight is 484 g/mol. The minimum absolute atomic E-state index is 0.0175. The first-order valence-electron chi connectivity index (χ1n) is 11.5. The number of rotatable bonds is 4. The van der Waals surface area contributed by atoms with Crippen molar-refractivity contribution in [3.8, 4) is 11.6 Å². The summed E-state index contributed by atoms with van der Waals surface area (Å²) in [6.45, 7) is 2.92. The minimum atomic E-state index is -0.596. The number of nitrogens with zero attached hydrogens (tertiary/aromatic N) is 5. The molecule has 1 aliphatic rings. The van der Waals surface area contributed by atoms with E-state index >= 15 is 0 Å². The molecule has 3 aromatic heterocycles. The Morgan fingerprint density at radius 2 is 1.92 bits per heavy atom. The first kappa shape index (κ1) is 21.9. The Labute approximate surface area is 204 Å². The van der Waals surface area contributed by atoms with E-state index < -0.39 is 11.7 Å². The van der Waals surface area contributed by atoms with Gasteiger partial charge in [0.15, 0.2) is 17.4 Å². The Bertz CT molecular complexity index is 1680. The summed E-state index contributed by atoms with van der Waals surface area (Å²) < 4.78 is 22.4. The van der Waals surface area contributed by atoms with Crippen LogP contribution in [0.4, 0.5) is 4.39 Å². The summed E-state index contributed by atoms with van der Waals surface area (Å²) in [5.74, 6) is 1.60. The second-order valence-electron chi connectivity index (χ2n) is 8.76. The highest BCUT2D eigenvalue weighted by atomic mass is 19.1. The SMILES string of the molecule is Cc1ccc(-c2nnc3n2CCN(C(=O)c2cc(Cc4n[nH]c(=O)c5ccccc45)ccc2F)C3)o1. The lowest BCUT2D eigenvalue weighted by atomic mass is 10.0. The van der Waals surface area contributed by atoms with Crippen LogP contribution in [0.1, 0.15) is 33.2 Å². The predicted molar refractivity (Wildman–Crippen MR) is 129 cm³/mol. The third kappa shape index (κ3) is 3.76. The zero-order valence-corrected chi connectivity index (χ0v) is 19.4. The van der Waals surface area contributed by atoms with Gasteiger partial charge in [-0.1, -0.05) is 24.3 Å². The monoisotopic (exact) mass is 484 g/mol. The van der Waals surface area contributed by atoms with Crippen LogP contribution in [0.25, 0.3) is 22.4 Å². The molecular formula is C26H21FN6O3. The van der Waals surface area contributed by atoms with E-state index in [9.17, 15) is 14.0 Å². The van der Waals surface area contributed by atoms with Crippen molar-refractivity contribution in [1.82, 2.24) is 29.9 Å². The fourth-order valence-corrected chi connectivity index (χ4v) is 4.58. The number of nitrogens with one attached hydrogen (secondary N) is 1. The second kappa shape index (κ2) is 8.56. The van der Waals surface area contributed by atoms with Crippen LogP contribution in [0, 0.1) is 12.7 Å². The topological polar surface area (TPSA) is 110 Å². The van der Waals surface area contributed by atoms with Gasteiger partial charge in [0.1, 0.15) is 11.6 Å². The smallest absolute Gasteiger partial charge is 0.272 e. The van der Waals surface area contributed by atoms with Gasteiger partial charge in [-0.05, 0) is 42.8 Å². The molecule has 0 bridgehead atoms. The lowest BCUT2D eigenvalue weighted by molar-refractivity contribution is 0.0703. The second-order valence-corrected chi connectivity index (χ2v) is 8.76. The molecule has 0 aliphatic carbocycles. The van der Waals surface area contributed by atoms with Crippen LogP contribution >= 0.6 is 0 Å². The number of aromatic amines is 1. The molecule has 0 saturated carbocycles. The van der Waals surface area contributed by atoms with Crippen molar-refractivity contribution < 1.29 is 13.6 Å². The minimum Gasteiger partial charge on any atom is -0.458 e. The Kier molecular flexibility index (Phi) is 5.21. The van der Waals surface area contributed by atoms with Crippen molar-refractivity contribution >= 4 is 16.7 Å². The standard InChI is InChI=1S/C26H21FN6O3/c1-15-6-9-22(36-15)24-30-29-23-14-32(10-11-33(23)24)26(35)19-12-16(7-8-20(19)27)13-21-17-4-2-3-5-18(17)25(34)31-28-21/h2-9,12H,10-11,13-14H2,1H3,(H,31,34). The zero-order chi connectivity index (χ0) is 24.8. The van der Waals surface area contributed by atoms with Gasteiger partial charge in [-0.2, -0.15) is 5.10 Å². The highest BCUT2D eigenvalue weighted by molar-refractivity contribution is 5.94. The summed E-state index contributed by atoms with van der Waals surface area (Å²) in [7, 11) is 0. The van der Waals surface area contributed by atoms with Gasteiger partial charge in [-0.3, -0.25) is 9.59 Å². The van der Waals surface area contributed by atoms with Gasteiger partial charge < -0.3 is 13.9 Å². The van der Waals surface area contributed by atoms with E-state index in [-0.39, 0.29) is 17.7 Å². The molecule has 9 nitrogen and oxygen atoms in total. The molecule has 0 saturated heterocycles. The number of hydrogen-bond acceptors (Lipinski definition) is 6. The van der Waals surface area contributed by atoms with Gasteiger partial charge in [0, 0.05) is 24.9 Å². The molecule has 6 rings (SSSR count). The number of fused-ring (bicyclic) bond motifs is 2. The van der Waals surface area contributed by atoms with Gasteiger partial charge in [0.25, 0.3) is 11.5 Å². The Balaban J connectivity index is 1.26. The van der Waals surface area contributed by atoms with E-state index in [4.69, 9.17) is 4.42 Å². The van der Waals surface area contributed by atoms with E-state index in [1.807, 2.05) is 35.8 Å². The fraction of sp³-hybridized carbons (Fsp3) is 0.192. The highest BCUT2D eigenvalue weighted by Gasteiger charge is 2.28. The zero-order valence-electron chi connectivity index (χ0n) is 19.4. The number of H-pyrrole nitrogens is 1. The first-order valence-corrected chi connectivity index (χ1v) is 11.5. The number of aromatic nitrogens is 5. The molecule has 5 aromatic rings. The quantitative estimate of drug-likeness (QED) is 0.418. The Morgan fingerprint density at radius 3 is 2.72 bits per heavy atom. The molecule has 1 amide bonds. The van der Waals surface area contributed by atoms with Crippen molar-refractivity contribution in [3.05, 3.63) is 99.2 Å². The van der Waals surface area contributed by atoms with Crippen LogP contribution in [-0.2, 0) is 19.5 Å². The molecule has 1 aliphatic heterocycles. The van der Waals surface area contributed by atoms with Gasteiger partial charge in [0.05, 0.1) is 23.2 Å². The van der Waals surface area contributed by atoms with E-state index in [0.717, 1.165) is 11.1 Å². The van der Waals surface area contributed by atoms with E-state index in [1.54, 1.807) is 29.2 Å². The largest absolute Gasteiger partial charge is 0.458 e. The van der Waals surface area contributed by atoms with Crippen molar-refractivity contribution in [2.75, 3.05) is 6.54 Å². The van der Waals surface area contributed by atoms with Crippen LogP contribution in [0.3, 0.4) is 0 Å². The molecule has 2 aromatic carbocycles. The summed E-state index contributed by atoms with van der Waals surface area (Å²) >= 11 is 0. The summed E-state index contributed by atoms with van der Waals surface area (Å²) in [6.07, 6.45) is 0.331. The number of benzene rings is 2. The van der Waals surface area contributed by atoms with Crippen molar-refractivity contribution in [2.45, 2.75) is 26.4 Å². The third-order valence-corrected chi connectivity index (χ3v) is 6.41. The predicted octanol–water partition coefficient (Wildman–Crippen LogP) is 3.47.